The summed E-state index contributed by atoms with van der Waals surface area (Å²) < 4.78 is 5.20. The lowest BCUT2D eigenvalue weighted by Gasteiger charge is -2.10. The molecular weight excluding hydrogens is 252 g/mol. The lowest BCUT2D eigenvalue weighted by atomic mass is 10.0. The van der Waals surface area contributed by atoms with Crippen LogP contribution in [0.15, 0.2) is 40.0 Å². The molecule has 0 radical (unpaired) electrons. The van der Waals surface area contributed by atoms with Crippen LogP contribution in [0.25, 0.3) is 0 Å². The van der Waals surface area contributed by atoms with Crippen molar-refractivity contribution in [1.82, 2.24) is 10.2 Å². The Morgan fingerprint density at radius 1 is 1.39 bits per heavy atom. The molecule has 1 aromatic carbocycles. The Bertz CT molecular complexity index is 527. The number of thioether (sulfide) groups is 1. The quantitative estimate of drug-likeness (QED) is 0.835. The predicted molar refractivity (Wildman–Crippen MR) is 66.6 cm³/mol. The number of benzene rings is 1. The van der Waals surface area contributed by atoms with Gasteiger partial charge in [-0.15, -0.1) is 10.2 Å². The van der Waals surface area contributed by atoms with E-state index in [1.165, 1.54) is 11.8 Å². The number of hydrogen-bond donors (Lipinski definition) is 1. The first-order valence-corrected chi connectivity index (χ1v) is 6.36. The second-order valence-electron chi connectivity index (χ2n) is 3.70. The number of carboxylic acid groups (broad SMARTS) is 1. The Morgan fingerprint density at radius 2 is 2.11 bits per heavy atom. The summed E-state index contributed by atoms with van der Waals surface area (Å²) in [6.07, 6.45) is 0. The zero-order valence-corrected chi connectivity index (χ0v) is 10.6. The van der Waals surface area contributed by atoms with Crippen molar-refractivity contribution in [2.45, 2.75) is 18.1 Å². The molecule has 0 bridgehead atoms. The lowest BCUT2D eigenvalue weighted by Crippen LogP contribution is -2.14. The van der Waals surface area contributed by atoms with Gasteiger partial charge in [-0.1, -0.05) is 42.1 Å². The van der Waals surface area contributed by atoms with E-state index in [1.54, 1.807) is 19.1 Å². The summed E-state index contributed by atoms with van der Waals surface area (Å²) >= 11 is 1.25. The van der Waals surface area contributed by atoms with E-state index in [0.717, 1.165) is 5.56 Å². The zero-order valence-electron chi connectivity index (χ0n) is 9.74. The van der Waals surface area contributed by atoms with Crippen molar-refractivity contribution in [2.24, 2.45) is 0 Å². The van der Waals surface area contributed by atoms with Gasteiger partial charge in [-0.2, -0.15) is 0 Å². The number of carboxylic acids is 1. The normalized spacial score (nSPS) is 12.3. The number of aryl methyl sites for hydroxylation is 1. The number of rotatable bonds is 5. The molecule has 2 aromatic rings. The number of aromatic nitrogens is 2. The van der Waals surface area contributed by atoms with Gasteiger partial charge in [0.1, 0.15) is 0 Å². The van der Waals surface area contributed by atoms with E-state index in [4.69, 9.17) is 4.42 Å². The fourth-order valence-electron chi connectivity index (χ4n) is 1.49. The Hall–Kier alpha value is -1.82. The first kappa shape index (κ1) is 12.6. The van der Waals surface area contributed by atoms with Crippen molar-refractivity contribution >= 4 is 17.7 Å². The van der Waals surface area contributed by atoms with Crippen LogP contribution in [0.4, 0.5) is 0 Å². The molecular formula is C12H12N2O3S. The molecule has 1 unspecified atom stereocenters. The van der Waals surface area contributed by atoms with E-state index in [0.29, 0.717) is 16.9 Å². The van der Waals surface area contributed by atoms with Crippen LogP contribution in [-0.2, 0) is 4.79 Å². The topological polar surface area (TPSA) is 76.2 Å². The van der Waals surface area contributed by atoms with E-state index in [9.17, 15) is 9.90 Å². The molecule has 0 fully saturated rings. The maximum Gasteiger partial charge on any atom is 0.311 e. The monoisotopic (exact) mass is 264 g/mol. The van der Waals surface area contributed by atoms with Crippen molar-refractivity contribution in [3.63, 3.8) is 0 Å². The van der Waals surface area contributed by atoms with Gasteiger partial charge in [0.25, 0.3) is 5.22 Å². The average molecular weight is 264 g/mol. The molecule has 0 saturated carbocycles. The zero-order chi connectivity index (χ0) is 13.0. The largest absolute Gasteiger partial charge is 0.481 e. The van der Waals surface area contributed by atoms with Crippen LogP contribution in [0.2, 0.25) is 0 Å². The van der Waals surface area contributed by atoms with Crippen LogP contribution in [-0.4, -0.2) is 27.0 Å². The van der Waals surface area contributed by atoms with Crippen molar-refractivity contribution < 1.29 is 14.3 Å². The lowest BCUT2D eigenvalue weighted by molar-refractivity contribution is -0.138. The number of hydrogen-bond acceptors (Lipinski definition) is 5. The summed E-state index contributed by atoms with van der Waals surface area (Å²) in [5.41, 5.74) is 0.772. The molecule has 1 N–H and O–H groups in total. The second kappa shape index (κ2) is 5.68. The summed E-state index contributed by atoms with van der Waals surface area (Å²) in [7, 11) is 0. The van der Waals surface area contributed by atoms with Crippen molar-refractivity contribution in [2.75, 3.05) is 5.75 Å². The molecule has 1 aromatic heterocycles. The highest BCUT2D eigenvalue weighted by Gasteiger charge is 2.21. The van der Waals surface area contributed by atoms with Gasteiger partial charge >= 0.3 is 5.97 Å². The van der Waals surface area contributed by atoms with E-state index in [1.807, 2.05) is 18.2 Å². The number of carbonyl (C=O) groups is 1. The molecule has 0 aliphatic rings. The molecule has 0 amide bonds. The van der Waals surface area contributed by atoms with E-state index in [-0.39, 0.29) is 0 Å². The average Bonchev–Trinajstić information content (AvgIpc) is 2.76. The summed E-state index contributed by atoms with van der Waals surface area (Å²) in [5.74, 6) is -0.599. The van der Waals surface area contributed by atoms with Crippen LogP contribution in [0.1, 0.15) is 17.4 Å². The Labute approximate surface area is 108 Å². The summed E-state index contributed by atoms with van der Waals surface area (Å²) in [4.78, 5) is 11.2. The first-order valence-electron chi connectivity index (χ1n) is 5.37. The predicted octanol–water partition coefficient (Wildman–Crippen LogP) is 2.34. The molecule has 0 aliphatic heterocycles. The van der Waals surface area contributed by atoms with E-state index in [2.05, 4.69) is 10.2 Å². The third kappa shape index (κ3) is 3.10. The number of nitrogens with zero attached hydrogens (tertiary/aromatic N) is 2. The van der Waals surface area contributed by atoms with E-state index >= 15 is 0 Å². The number of aliphatic carboxylic acids is 1. The smallest absolute Gasteiger partial charge is 0.311 e. The van der Waals surface area contributed by atoms with Crippen molar-refractivity contribution in [1.29, 1.82) is 0 Å². The summed E-state index contributed by atoms with van der Waals surface area (Å²) in [6, 6.07) is 9.12. The van der Waals surface area contributed by atoms with Crippen molar-refractivity contribution in [3.05, 3.63) is 41.8 Å². The highest BCUT2D eigenvalue weighted by Crippen LogP contribution is 2.25. The summed E-state index contributed by atoms with van der Waals surface area (Å²) in [5, 5.41) is 17.1. The molecule has 0 aliphatic carbocycles. The molecule has 18 heavy (non-hydrogen) atoms. The van der Waals surface area contributed by atoms with Gasteiger partial charge in [-0.05, 0) is 5.56 Å². The Balaban J connectivity index is 2.06. The maximum absolute atomic E-state index is 11.2. The van der Waals surface area contributed by atoms with Crippen LogP contribution < -0.4 is 0 Å². The Kier molecular flexibility index (Phi) is 3.99. The van der Waals surface area contributed by atoms with Gasteiger partial charge in [0.05, 0.1) is 5.92 Å². The molecule has 2 rings (SSSR count). The fourth-order valence-corrected chi connectivity index (χ4v) is 2.41. The molecule has 0 saturated heterocycles. The first-order chi connectivity index (χ1) is 8.66. The van der Waals surface area contributed by atoms with Crippen LogP contribution in [0.5, 0.6) is 0 Å². The minimum absolute atomic E-state index is 0.362. The van der Waals surface area contributed by atoms with Crippen molar-refractivity contribution in [3.8, 4) is 0 Å². The minimum Gasteiger partial charge on any atom is -0.481 e. The maximum atomic E-state index is 11.2. The fraction of sp³-hybridized carbons (Fsp3) is 0.250. The van der Waals surface area contributed by atoms with Gasteiger partial charge in [0.15, 0.2) is 0 Å². The van der Waals surface area contributed by atoms with Gasteiger partial charge in [-0.3, -0.25) is 4.79 Å². The third-order valence-corrected chi connectivity index (χ3v) is 3.29. The molecule has 1 heterocycles. The third-order valence-electron chi connectivity index (χ3n) is 2.38. The van der Waals surface area contributed by atoms with Gasteiger partial charge in [-0.25, -0.2) is 0 Å². The second-order valence-corrected chi connectivity index (χ2v) is 4.67. The molecule has 1 atom stereocenters. The Morgan fingerprint density at radius 3 is 2.67 bits per heavy atom. The van der Waals surface area contributed by atoms with Gasteiger partial charge in [0, 0.05) is 12.7 Å². The molecule has 0 spiro atoms. The minimum atomic E-state index is -0.857. The highest BCUT2D eigenvalue weighted by molar-refractivity contribution is 7.99. The standard InChI is InChI=1S/C12H12N2O3S/c1-8-13-14-12(17-8)18-7-10(11(15)16)9-5-3-2-4-6-9/h2-6,10H,7H2,1H3,(H,15,16). The molecule has 94 valence electrons. The van der Waals surface area contributed by atoms with Gasteiger partial charge < -0.3 is 9.52 Å². The molecule has 5 nitrogen and oxygen atoms in total. The molecule has 6 heteroatoms. The van der Waals surface area contributed by atoms with Crippen LogP contribution in [0.3, 0.4) is 0 Å². The SMILES string of the molecule is Cc1nnc(SCC(C(=O)O)c2ccccc2)o1. The highest BCUT2D eigenvalue weighted by atomic mass is 32.2. The van der Waals surface area contributed by atoms with Crippen LogP contribution in [0, 0.1) is 6.92 Å². The van der Waals surface area contributed by atoms with Gasteiger partial charge in [0.2, 0.25) is 5.89 Å². The van der Waals surface area contributed by atoms with Crippen LogP contribution >= 0.6 is 11.8 Å². The summed E-state index contributed by atoms with van der Waals surface area (Å²) in [6.45, 7) is 1.70. The van der Waals surface area contributed by atoms with E-state index < -0.39 is 11.9 Å².